The smallest absolute Gasteiger partial charge is 0.0432 e. The van der Waals surface area contributed by atoms with Crippen molar-refractivity contribution in [2.75, 3.05) is 22.9 Å². The van der Waals surface area contributed by atoms with Crippen LogP contribution in [0.4, 0.5) is 11.4 Å². The Morgan fingerprint density at radius 3 is 1.21 bits per heavy atom. The molecular weight excluding hydrogens is 340 g/mol. The Morgan fingerprint density at radius 2 is 0.893 bits per heavy atom. The fourth-order valence-electron chi connectivity index (χ4n) is 3.32. The highest BCUT2D eigenvalue weighted by molar-refractivity contribution is 5.57. The van der Waals surface area contributed by atoms with Crippen molar-refractivity contribution in [3.63, 3.8) is 0 Å². The number of hydrogen-bond acceptors (Lipinski definition) is 2. The second kappa shape index (κ2) is 10.2. The summed E-state index contributed by atoms with van der Waals surface area (Å²) in [6.45, 7) is 11.2. The summed E-state index contributed by atoms with van der Waals surface area (Å²) in [7, 11) is 0. The van der Waals surface area contributed by atoms with Crippen LogP contribution in [0, 0.1) is 0 Å². The monoisotopic (exact) mass is 368 g/mol. The molecule has 3 aromatic carbocycles. The van der Waals surface area contributed by atoms with Crippen LogP contribution in [0.3, 0.4) is 0 Å². The molecule has 0 heterocycles. The molecule has 3 aromatic rings. The van der Waals surface area contributed by atoms with Gasteiger partial charge in [-0.15, -0.1) is 13.2 Å². The van der Waals surface area contributed by atoms with Gasteiger partial charge in [-0.1, -0.05) is 72.8 Å². The fourth-order valence-corrected chi connectivity index (χ4v) is 3.32. The summed E-state index contributed by atoms with van der Waals surface area (Å²) in [6, 6.07) is 29.9. The standard InChI is InChI=1S/C26H28N2/c1-3-19-27(21-23-11-7-5-8-12-23)25-15-17-26(18-16-25)28(20-4-2)22-24-13-9-6-10-14-24/h3-18H,1-2,19-22H2. The summed E-state index contributed by atoms with van der Waals surface area (Å²) in [5.41, 5.74) is 4.99. The molecular formula is C26H28N2. The predicted octanol–water partition coefficient (Wildman–Crippen LogP) is 6.07. The first kappa shape index (κ1) is 19.5. The zero-order valence-corrected chi connectivity index (χ0v) is 16.4. The van der Waals surface area contributed by atoms with Crippen LogP contribution in [0.1, 0.15) is 11.1 Å². The van der Waals surface area contributed by atoms with Crippen LogP contribution < -0.4 is 9.80 Å². The molecule has 142 valence electrons. The first-order valence-electron chi connectivity index (χ1n) is 9.69. The summed E-state index contributed by atoms with van der Waals surface area (Å²) >= 11 is 0. The van der Waals surface area contributed by atoms with Crippen molar-refractivity contribution in [3.05, 3.63) is 121 Å². The van der Waals surface area contributed by atoms with Gasteiger partial charge in [-0.2, -0.15) is 0 Å². The van der Waals surface area contributed by atoms with Crippen LogP contribution in [0.25, 0.3) is 0 Å². The lowest BCUT2D eigenvalue weighted by Gasteiger charge is -2.27. The van der Waals surface area contributed by atoms with Crippen LogP contribution in [0.2, 0.25) is 0 Å². The van der Waals surface area contributed by atoms with Crippen molar-refractivity contribution in [2.24, 2.45) is 0 Å². The Balaban J connectivity index is 1.76. The lowest BCUT2D eigenvalue weighted by atomic mass is 10.1. The molecule has 0 saturated carbocycles. The molecule has 0 fully saturated rings. The van der Waals surface area contributed by atoms with Gasteiger partial charge in [0.2, 0.25) is 0 Å². The average Bonchev–Trinajstić information content (AvgIpc) is 2.75. The van der Waals surface area contributed by atoms with E-state index in [4.69, 9.17) is 0 Å². The first-order chi connectivity index (χ1) is 13.8. The minimum atomic E-state index is 0.814. The van der Waals surface area contributed by atoms with E-state index in [1.54, 1.807) is 0 Å². The second-order valence-corrected chi connectivity index (χ2v) is 6.83. The van der Waals surface area contributed by atoms with Gasteiger partial charge in [0.05, 0.1) is 0 Å². The van der Waals surface area contributed by atoms with E-state index in [9.17, 15) is 0 Å². The summed E-state index contributed by atoms with van der Waals surface area (Å²) in [5, 5.41) is 0. The highest BCUT2D eigenvalue weighted by atomic mass is 15.1. The maximum Gasteiger partial charge on any atom is 0.0432 e. The zero-order chi connectivity index (χ0) is 19.6. The Morgan fingerprint density at radius 1 is 0.536 bits per heavy atom. The van der Waals surface area contributed by atoms with Crippen LogP contribution >= 0.6 is 0 Å². The van der Waals surface area contributed by atoms with Crippen molar-refractivity contribution in [3.8, 4) is 0 Å². The van der Waals surface area contributed by atoms with E-state index >= 15 is 0 Å². The Hall–Kier alpha value is -3.26. The number of nitrogens with zero attached hydrogens (tertiary/aromatic N) is 2. The Labute approximate surface area is 169 Å². The molecule has 0 aliphatic heterocycles. The summed E-state index contributed by atoms with van der Waals surface area (Å²) in [6.07, 6.45) is 3.91. The van der Waals surface area contributed by atoms with Gasteiger partial charge in [0.25, 0.3) is 0 Å². The maximum atomic E-state index is 3.92. The number of rotatable bonds is 10. The van der Waals surface area contributed by atoms with E-state index in [1.807, 2.05) is 12.2 Å². The molecule has 0 radical (unpaired) electrons. The summed E-state index contributed by atoms with van der Waals surface area (Å²) in [4.78, 5) is 4.67. The SMILES string of the molecule is C=CCN(Cc1ccccc1)c1ccc(N(CC=C)Cc2ccccc2)cc1. The lowest BCUT2D eigenvalue weighted by molar-refractivity contribution is 0.858. The third-order valence-corrected chi connectivity index (χ3v) is 4.71. The Kier molecular flexibility index (Phi) is 7.08. The van der Waals surface area contributed by atoms with Gasteiger partial charge in [0.15, 0.2) is 0 Å². The van der Waals surface area contributed by atoms with Gasteiger partial charge in [0, 0.05) is 37.6 Å². The molecule has 2 nitrogen and oxygen atoms in total. The number of anilines is 2. The normalized spacial score (nSPS) is 10.3. The first-order valence-corrected chi connectivity index (χ1v) is 9.69. The van der Waals surface area contributed by atoms with Crippen molar-refractivity contribution in [2.45, 2.75) is 13.1 Å². The van der Waals surface area contributed by atoms with E-state index in [1.165, 1.54) is 22.5 Å². The molecule has 0 aliphatic rings. The predicted molar refractivity (Wildman–Crippen MR) is 122 cm³/mol. The molecule has 3 rings (SSSR count). The molecule has 0 saturated heterocycles. The molecule has 0 unspecified atom stereocenters. The third kappa shape index (κ3) is 5.37. The van der Waals surface area contributed by atoms with Crippen LogP contribution in [0.15, 0.2) is 110 Å². The number of hydrogen-bond donors (Lipinski definition) is 0. The van der Waals surface area contributed by atoms with Crippen molar-refractivity contribution in [1.29, 1.82) is 0 Å². The molecule has 2 heteroatoms. The topological polar surface area (TPSA) is 6.48 Å². The van der Waals surface area contributed by atoms with Crippen LogP contribution in [0.5, 0.6) is 0 Å². The molecule has 0 N–H and O–H groups in total. The maximum absolute atomic E-state index is 3.92. The van der Waals surface area contributed by atoms with E-state index < -0.39 is 0 Å². The number of benzene rings is 3. The van der Waals surface area contributed by atoms with E-state index in [2.05, 4.69) is 108 Å². The quantitative estimate of drug-likeness (QED) is 0.401. The van der Waals surface area contributed by atoms with Crippen molar-refractivity contribution in [1.82, 2.24) is 0 Å². The highest BCUT2D eigenvalue weighted by Crippen LogP contribution is 2.24. The van der Waals surface area contributed by atoms with Gasteiger partial charge in [0.1, 0.15) is 0 Å². The minimum absolute atomic E-state index is 0.814. The van der Waals surface area contributed by atoms with E-state index in [-0.39, 0.29) is 0 Å². The van der Waals surface area contributed by atoms with E-state index in [0.717, 1.165) is 26.2 Å². The van der Waals surface area contributed by atoms with Crippen LogP contribution in [-0.4, -0.2) is 13.1 Å². The Bertz CT molecular complexity index is 779. The van der Waals surface area contributed by atoms with Gasteiger partial charge in [-0.3, -0.25) is 0 Å². The van der Waals surface area contributed by atoms with Gasteiger partial charge in [-0.25, -0.2) is 0 Å². The minimum Gasteiger partial charge on any atom is -0.363 e. The van der Waals surface area contributed by atoms with Crippen molar-refractivity contribution < 1.29 is 0 Å². The largest absolute Gasteiger partial charge is 0.363 e. The zero-order valence-electron chi connectivity index (χ0n) is 16.4. The van der Waals surface area contributed by atoms with Gasteiger partial charge in [-0.05, 0) is 35.4 Å². The average molecular weight is 369 g/mol. The molecule has 0 aliphatic carbocycles. The highest BCUT2D eigenvalue weighted by Gasteiger charge is 2.09. The molecule has 0 aromatic heterocycles. The molecule has 0 amide bonds. The third-order valence-electron chi connectivity index (χ3n) is 4.71. The molecule has 0 atom stereocenters. The molecule has 0 spiro atoms. The molecule has 0 bridgehead atoms. The summed E-state index contributed by atoms with van der Waals surface area (Å²) in [5.74, 6) is 0. The van der Waals surface area contributed by atoms with Crippen molar-refractivity contribution >= 4 is 11.4 Å². The van der Waals surface area contributed by atoms with E-state index in [0.29, 0.717) is 0 Å². The van der Waals surface area contributed by atoms with Crippen LogP contribution in [-0.2, 0) is 13.1 Å². The second-order valence-electron chi connectivity index (χ2n) is 6.83. The van der Waals surface area contributed by atoms with Gasteiger partial charge < -0.3 is 9.80 Å². The van der Waals surface area contributed by atoms with Gasteiger partial charge >= 0.3 is 0 Å². The fraction of sp³-hybridized carbons (Fsp3) is 0.154. The molecule has 28 heavy (non-hydrogen) atoms. The summed E-state index contributed by atoms with van der Waals surface area (Å²) < 4.78 is 0. The lowest BCUT2D eigenvalue weighted by Crippen LogP contribution is -2.24.